The average molecular weight is 387 g/mol. The van der Waals surface area contributed by atoms with Crippen molar-refractivity contribution in [2.24, 2.45) is 5.14 Å². The predicted molar refractivity (Wildman–Crippen MR) is 101 cm³/mol. The van der Waals surface area contributed by atoms with Gasteiger partial charge in [0.15, 0.2) is 0 Å². The number of nitrogens with one attached hydrogen (secondary N) is 3. The van der Waals surface area contributed by atoms with Gasteiger partial charge in [-0.25, -0.2) is 18.4 Å². The summed E-state index contributed by atoms with van der Waals surface area (Å²) in [5.41, 5.74) is 3.22. The fourth-order valence-electron chi connectivity index (χ4n) is 3.27. The Bertz CT molecular complexity index is 1210. The minimum atomic E-state index is -3.75. The number of imidazole rings is 1. The summed E-state index contributed by atoms with van der Waals surface area (Å²) in [7, 11) is -3.75. The number of nitrogens with two attached hydrogens (primary N) is 1. The first-order valence-corrected chi connectivity index (χ1v) is 9.77. The summed E-state index contributed by atoms with van der Waals surface area (Å²) in [4.78, 5) is 30.9. The number of benzene rings is 2. The van der Waals surface area contributed by atoms with Crippen LogP contribution in [-0.2, 0) is 21.2 Å². The molecule has 4 rings (SSSR count). The van der Waals surface area contributed by atoms with Gasteiger partial charge in [-0.1, -0.05) is 0 Å². The number of carbonyl (C=O) groups excluding carboxylic acids is 1. The highest BCUT2D eigenvalue weighted by Gasteiger charge is 2.23. The lowest BCUT2D eigenvalue weighted by Crippen LogP contribution is -2.31. The van der Waals surface area contributed by atoms with Gasteiger partial charge in [0.25, 0.3) is 0 Å². The van der Waals surface area contributed by atoms with Crippen LogP contribution in [0.3, 0.4) is 0 Å². The Hall–Kier alpha value is -3.11. The quantitative estimate of drug-likeness (QED) is 0.516. The zero-order valence-corrected chi connectivity index (χ0v) is 15.0. The Labute approximate surface area is 154 Å². The van der Waals surface area contributed by atoms with E-state index in [0.717, 1.165) is 11.3 Å². The summed E-state index contributed by atoms with van der Waals surface area (Å²) in [5, 5.41) is 7.97. The van der Waals surface area contributed by atoms with Gasteiger partial charge in [0.05, 0.1) is 22.5 Å². The molecule has 0 atom stereocenters. The van der Waals surface area contributed by atoms with Crippen LogP contribution in [0.4, 0.5) is 11.4 Å². The molecule has 27 heavy (non-hydrogen) atoms. The van der Waals surface area contributed by atoms with Gasteiger partial charge in [-0.3, -0.25) is 4.79 Å². The molecule has 10 heteroatoms. The van der Waals surface area contributed by atoms with Crippen molar-refractivity contribution in [1.29, 1.82) is 0 Å². The highest BCUT2D eigenvalue weighted by Crippen LogP contribution is 2.29. The van der Waals surface area contributed by atoms with E-state index in [1.54, 1.807) is 30.3 Å². The van der Waals surface area contributed by atoms with Crippen molar-refractivity contribution in [1.82, 2.24) is 9.97 Å². The standard InChI is InChI=1S/C17H17N5O4S/c18-27(25,26)12-2-4-15-10(7-12)5-6-22(15)9-16(23)19-11-1-3-13-14(8-11)21-17(24)20-13/h1-4,7-8H,5-6,9H2,(H,19,23)(H2,18,25,26)(H2,20,21,24). The Morgan fingerprint density at radius 2 is 1.93 bits per heavy atom. The van der Waals surface area contributed by atoms with Crippen LogP contribution in [0.2, 0.25) is 0 Å². The Balaban J connectivity index is 1.48. The van der Waals surface area contributed by atoms with Crippen LogP contribution in [-0.4, -0.2) is 37.4 Å². The predicted octanol–water partition coefficient (Wildman–Crippen LogP) is 0.505. The van der Waals surface area contributed by atoms with Gasteiger partial charge in [0.2, 0.25) is 15.9 Å². The van der Waals surface area contributed by atoms with Crippen molar-refractivity contribution in [3.8, 4) is 0 Å². The molecule has 0 radical (unpaired) electrons. The minimum Gasteiger partial charge on any atom is -0.362 e. The van der Waals surface area contributed by atoms with Crippen molar-refractivity contribution >= 4 is 38.3 Å². The number of primary sulfonamides is 1. The number of sulfonamides is 1. The minimum absolute atomic E-state index is 0.0707. The summed E-state index contributed by atoms with van der Waals surface area (Å²) in [6.45, 7) is 0.740. The van der Waals surface area contributed by atoms with E-state index in [9.17, 15) is 18.0 Å². The van der Waals surface area contributed by atoms with Gasteiger partial charge >= 0.3 is 5.69 Å². The number of aromatic amines is 2. The van der Waals surface area contributed by atoms with Crippen molar-refractivity contribution in [2.45, 2.75) is 11.3 Å². The molecule has 1 aliphatic heterocycles. The second-order valence-corrected chi connectivity index (χ2v) is 7.96. The third-order valence-electron chi connectivity index (χ3n) is 4.51. The van der Waals surface area contributed by atoms with E-state index in [0.29, 0.717) is 29.7 Å². The van der Waals surface area contributed by atoms with Crippen LogP contribution in [0.5, 0.6) is 0 Å². The van der Waals surface area contributed by atoms with Crippen LogP contribution in [0.25, 0.3) is 11.0 Å². The zero-order valence-electron chi connectivity index (χ0n) is 14.2. The van der Waals surface area contributed by atoms with Crippen molar-refractivity contribution in [2.75, 3.05) is 23.3 Å². The van der Waals surface area contributed by atoms with Crippen LogP contribution in [0.15, 0.2) is 46.1 Å². The van der Waals surface area contributed by atoms with Crippen molar-refractivity contribution in [3.63, 3.8) is 0 Å². The Morgan fingerprint density at radius 1 is 1.15 bits per heavy atom. The summed E-state index contributed by atoms with van der Waals surface area (Å²) >= 11 is 0. The molecular weight excluding hydrogens is 370 g/mol. The highest BCUT2D eigenvalue weighted by molar-refractivity contribution is 7.89. The summed E-state index contributed by atoms with van der Waals surface area (Å²) in [5.74, 6) is -0.212. The molecule has 140 valence electrons. The summed E-state index contributed by atoms with van der Waals surface area (Å²) < 4.78 is 22.9. The molecule has 2 aromatic carbocycles. The number of nitrogens with zero attached hydrogens (tertiary/aromatic N) is 1. The summed E-state index contributed by atoms with van der Waals surface area (Å²) in [6, 6.07) is 9.77. The zero-order chi connectivity index (χ0) is 19.2. The molecule has 0 saturated carbocycles. The first-order valence-electron chi connectivity index (χ1n) is 8.22. The third kappa shape index (κ3) is 3.44. The number of hydrogen-bond acceptors (Lipinski definition) is 5. The van der Waals surface area contributed by atoms with Crippen LogP contribution < -0.4 is 21.0 Å². The maximum atomic E-state index is 12.4. The monoisotopic (exact) mass is 387 g/mol. The maximum absolute atomic E-state index is 12.4. The van der Waals surface area contributed by atoms with Gasteiger partial charge in [-0.15, -0.1) is 0 Å². The second-order valence-electron chi connectivity index (χ2n) is 6.39. The van der Waals surface area contributed by atoms with Crippen LogP contribution >= 0.6 is 0 Å². The normalized spacial score (nSPS) is 13.7. The van der Waals surface area contributed by atoms with E-state index < -0.39 is 10.0 Å². The molecule has 5 N–H and O–H groups in total. The molecule has 1 aromatic heterocycles. The van der Waals surface area contributed by atoms with Gasteiger partial charge in [-0.05, 0) is 48.4 Å². The van der Waals surface area contributed by atoms with Crippen molar-refractivity contribution < 1.29 is 13.2 Å². The number of fused-ring (bicyclic) bond motifs is 2. The molecule has 0 bridgehead atoms. The first kappa shape index (κ1) is 17.3. The highest BCUT2D eigenvalue weighted by atomic mass is 32.2. The maximum Gasteiger partial charge on any atom is 0.323 e. The molecule has 0 spiro atoms. The molecule has 2 heterocycles. The smallest absolute Gasteiger partial charge is 0.323 e. The lowest BCUT2D eigenvalue weighted by Gasteiger charge is -2.19. The van der Waals surface area contributed by atoms with E-state index in [1.807, 2.05) is 4.90 Å². The van der Waals surface area contributed by atoms with E-state index in [-0.39, 0.29) is 23.0 Å². The number of H-pyrrole nitrogens is 2. The fraction of sp³-hybridized carbons (Fsp3) is 0.176. The van der Waals surface area contributed by atoms with E-state index in [2.05, 4.69) is 15.3 Å². The molecule has 0 saturated heterocycles. The molecule has 1 aliphatic rings. The molecule has 9 nitrogen and oxygen atoms in total. The molecule has 3 aromatic rings. The Morgan fingerprint density at radius 3 is 2.70 bits per heavy atom. The van der Waals surface area contributed by atoms with Crippen LogP contribution in [0.1, 0.15) is 5.56 Å². The number of aromatic nitrogens is 2. The van der Waals surface area contributed by atoms with E-state index in [1.165, 1.54) is 6.07 Å². The molecule has 0 aliphatic carbocycles. The average Bonchev–Trinajstić information content (AvgIpc) is 3.15. The SMILES string of the molecule is NS(=O)(=O)c1ccc2c(c1)CCN2CC(=O)Nc1ccc2[nH]c(=O)[nH]c2c1. The molecule has 0 unspecified atom stereocenters. The lowest BCUT2D eigenvalue weighted by molar-refractivity contribution is -0.115. The van der Waals surface area contributed by atoms with Gasteiger partial charge in [-0.2, -0.15) is 0 Å². The number of carbonyl (C=O) groups is 1. The van der Waals surface area contributed by atoms with E-state index >= 15 is 0 Å². The van der Waals surface area contributed by atoms with Gasteiger partial charge in [0.1, 0.15) is 0 Å². The topological polar surface area (TPSA) is 141 Å². The third-order valence-corrected chi connectivity index (χ3v) is 5.42. The molecule has 0 fully saturated rings. The molecule has 1 amide bonds. The largest absolute Gasteiger partial charge is 0.362 e. The van der Waals surface area contributed by atoms with Gasteiger partial charge in [0, 0.05) is 17.9 Å². The van der Waals surface area contributed by atoms with Crippen molar-refractivity contribution in [3.05, 3.63) is 52.4 Å². The number of rotatable bonds is 4. The molecular formula is C17H17N5O4S. The second kappa shape index (κ2) is 6.25. The van der Waals surface area contributed by atoms with Gasteiger partial charge < -0.3 is 20.2 Å². The number of amides is 1. The number of hydrogen-bond donors (Lipinski definition) is 4. The van der Waals surface area contributed by atoms with E-state index in [4.69, 9.17) is 5.14 Å². The number of anilines is 2. The fourth-order valence-corrected chi connectivity index (χ4v) is 3.84. The summed E-state index contributed by atoms with van der Waals surface area (Å²) in [6.07, 6.45) is 0.641. The first-order chi connectivity index (χ1) is 12.8. The lowest BCUT2D eigenvalue weighted by atomic mass is 10.2. The van der Waals surface area contributed by atoms with Crippen LogP contribution in [0, 0.1) is 0 Å². The Kier molecular flexibility index (Phi) is 4.01.